The maximum absolute atomic E-state index is 3.69. The number of fused-ring (bicyclic) bond motifs is 3. The number of rotatable bonds is 0. The fraction of sp³-hybridized carbons (Fsp3) is 0.467. The number of aryl methyl sites for hydroxylation is 1. The maximum Gasteiger partial charge on any atom is 0.0506 e. The molecule has 0 amide bonds. The molecule has 1 N–H and O–H groups in total. The number of hydrogen-bond donors (Lipinski definition) is 1. The summed E-state index contributed by atoms with van der Waals surface area (Å²) in [5, 5.41) is 3.69. The Hall–Kier alpha value is -1.24. The molecule has 0 bridgehead atoms. The molecule has 0 spiro atoms. The molecule has 1 aromatic carbocycles. The Morgan fingerprint density at radius 1 is 1.19 bits per heavy atom. The predicted octanol–water partition coefficient (Wildman–Crippen LogP) is 3.78. The molecule has 16 heavy (non-hydrogen) atoms. The molecule has 3 rings (SSSR count). The molecule has 1 aromatic rings. The zero-order chi connectivity index (χ0) is 11.3. The first kappa shape index (κ1) is 9.95. The van der Waals surface area contributed by atoms with Gasteiger partial charge in [0, 0.05) is 11.3 Å². The second-order valence-corrected chi connectivity index (χ2v) is 5.65. The topological polar surface area (TPSA) is 12.0 Å². The van der Waals surface area contributed by atoms with E-state index in [0.717, 1.165) is 0 Å². The second-order valence-electron chi connectivity index (χ2n) is 5.65. The van der Waals surface area contributed by atoms with Crippen molar-refractivity contribution < 1.29 is 0 Å². The number of hydrogen-bond acceptors (Lipinski definition) is 1. The van der Waals surface area contributed by atoms with E-state index in [-0.39, 0.29) is 5.54 Å². The van der Waals surface area contributed by atoms with Gasteiger partial charge in [-0.05, 0) is 56.7 Å². The van der Waals surface area contributed by atoms with Crippen molar-refractivity contribution in [3.63, 3.8) is 0 Å². The van der Waals surface area contributed by atoms with Gasteiger partial charge in [-0.15, -0.1) is 0 Å². The summed E-state index contributed by atoms with van der Waals surface area (Å²) in [6.45, 7) is 6.71. The Morgan fingerprint density at radius 3 is 2.81 bits per heavy atom. The van der Waals surface area contributed by atoms with E-state index >= 15 is 0 Å². The largest absolute Gasteiger partial charge is 0.376 e. The van der Waals surface area contributed by atoms with Gasteiger partial charge in [0.15, 0.2) is 0 Å². The molecule has 1 nitrogen and oxygen atoms in total. The van der Waals surface area contributed by atoms with E-state index in [1.807, 2.05) is 0 Å². The highest BCUT2D eigenvalue weighted by atomic mass is 15.0. The maximum atomic E-state index is 3.69. The molecular weight excluding hydrogens is 194 g/mol. The minimum atomic E-state index is 0.0921. The van der Waals surface area contributed by atoms with Gasteiger partial charge in [-0.2, -0.15) is 0 Å². The molecule has 1 aliphatic heterocycles. The summed E-state index contributed by atoms with van der Waals surface area (Å²) < 4.78 is 0. The van der Waals surface area contributed by atoms with Crippen LogP contribution in [0.4, 0.5) is 5.69 Å². The average molecular weight is 213 g/mol. The smallest absolute Gasteiger partial charge is 0.0506 e. The van der Waals surface area contributed by atoms with Gasteiger partial charge in [0.25, 0.3) is 0 Å². The molecule has 0 fully saturated rings. The number of nitrogens with one attached hydrogen (secondary N) is 1. The average Bonchev–Trinajstić information content (AvgIpc) is 2.63. The molecular formula is C15H19N. The highest BCUT2D eigenvalue weighted by molar-refractivity contribution is 5.83. The Kier molecular flexibility index (Phi) is 1.95. The molecule has 0 saturated heterocycles. The summed E-state index contributed by atoms with van der Waals surface area (Å²) in [5.41, 5.74) is 7.43. The Balaban J connectivity index is 2.22. The molecule has 84 valence electrons. The van der Waals surface area contributed by atoms with E-state index in [4.69, 9.17) is 0 Å². The lowest BCUT2D eigenvalue weighted by molar-refractivity contribution is 0.705. The minimum absolute atomic E-state index is 0.0921. The molecule has 1 aliphatic carbocycles. The van der Waals surface area contributed by atoms with Gasteiger partial charge in [-0.3, -0.25) is 0 Å². The third kappa shape index (κ3) is 1.38. The van der Waals surface area contributed by atoms with Gasteiger partial charge in [0.2, 0.25) is 0 Å². The van der Waals surface area contributed by atoms with Crippen LogP contribution in [0.25, 0.3) is 5.57 Å². The van der Waals surface area contributed by atoms with Gasteiger partial charge in [-0.1, -0.05) is 18.2 Å². The standard InChI is InChI=1S/C15H19N/c1-10-9-15(2,3)16-14-12(10)8-7-11-5-4-6-13(11)14/h7-9,16H,4-6H2,1-3H3. The second kappa shape index (κ2) is 3.13. The summed E-state index contributed by atoms with van der Waals surface area (Å²) >= 11 is 0. The molecule has 0 radical (unpaired) electrons. The summed E-state index contributed by atoms with van der Waals surface area (Å²) in [7, 11) is 0. The van der Waals surface area contributed by atoms with Gasteiger partial charge in [0.1, 0.15) is 0 Å². The van der Waals surface area contributed by atoms with Crippen LogP contribution in [-0.2, 0) is 12.8 Å². The minimum Gasteiger partial charge on any atom is -0.376 e. The number of anilines is 1. The molecule has 0 unspecified atom stereocenters. The van der Waals surface area contributed by atoms with E-state index < -0.39 is 0 Å². The van der Waals surface area contributed by atoms with E-state index in [1.165, 1.54) is 36.1 Å². The van der Waals surface area contributed by atoms with Crippen molar-refractivity contribution >= 4 is 11.3 Å². The van der Waals surface area contributed by atoms with Crippen LogP contribution >= 0.6 is 0 Å². The fourth-order valence-corrected chi connectivity index (χ4v) is 3.12. The lowest BCUT2D eigenvalue weighted by Crippen LogP contribution is -2.32. The summed E-state index contributed by atoms with van der Waals surface area (Å²) in [6.07, 6.45) is 6.15. The monoisotopic (exact) mass is 213 g/mol. The summed E-state index contributed by atoms with van der Waals surface area (Å²) in [4.78, 5) is 0. The Morgan fingerprint density at radius 2 is 2.00 bits per heavy atom. The lowest BCUT2D eigenvalue weighted by atomic mass is 9.88. The van der Waals surface area contributed by atoms with Crippen molar-refractivity contribution in [2.24, 2.45) is 0 Å². The van der Waals surface area contributed by atoms with Gasteiger partial charge in [-0.25, -0.2) is 0 Å². The highest BCUT2D eigenvalue weighted by Gasteiger charge is 2.26. The molecule has 1 heterocycles. The SMILES string of the molecule is CC1=CC(C)(C)Nc2c1ccc1c2CCC1. The van der Waals surface area contributed by atoms with Crippen molar-refractivity contribution in [1.29, 1.82) is 0 Å². The van der Waals surface area contributed by atoms with Crippen molar-refractivity contribution in [3.8, 4) is 0 Å². The van der Waals surface area contributed by atoms with Crippen LogP contribution in [0, 0.1) is 0 Å². The van der Waals surface area contributed by atoms with Crippen LogP contribution in [0.15, 0.2) is 18.2 Å². The Bertz CT molecular complexity index is 480. The highest BCUT2D eigenvalue weighted by Crippen LogP contribution is 2.40. The molecule has 0 atom stereocenters. The first-order chi connectivity index (χ1) is 7.57. The fourth-order valence-electron chi connectivity index (χ4n) is 3.12. The van der Waals surface area contributed by atoms with Crippen molar-refractivity contribution in [1.82, 2.24) is 0 Å². The van der Waals surface area contributed by atoms with E-state index in [1.54, 1.807) is 11.1 Å². The number of benzene rings is 1. The molecule has 0 saturated carbocycles. The lowest BCUT2D eigenvalue weighted by Gasteiger charge is -2.33. The first-order valence-electron chi connectivity index (χ1n) is 6.20. The van der Waals surface area contributed by atoms with E-state index in [9.17, 15) is 0 Å². The first-order valence-corrected chi connectivity index (χ1v) is 6.20. The van der Waals surface area contributed by atoms with Gasteiger partial charge < -0.3 is 5.32 Å². The van der Waals surface area contributed by atoms with Crippen LogP contribution in [0.3, 0.4) is 0 Å². The molecule has 1 heteroatoms. The van der Waals surface area contributed by atoms with Crippen LogP contribution in [0.2, 0.25) is 0 Å². The van der Waals surface area contributed by atoms with Gasteiger partial charge >= 0.3 is 0 Å². The quantitative estimate of drug-likeness (QED) is 0.691. The van der Waals surface area contributed by atoms with E-state index in [2.05, 4.69) is 44.3 Å². The Labute approximate surface area is 97.6 Å². The number of allylic oxidation sites excluding steroid dienone is 1. The molecule has 0 aromatic heterocycles. The van der Waals surface area contributed by atoms with Crippen molar-refractivity contribution in [3.05, 3.63) is 34.9 Å². The van der Waals surface area contributed by atoms with E-state index in [0.29, 0.717) is 0 Å². The van der Waals surface area contributed by atoms with Crippen molar-refractivity contribution in [2.75, 3.05) is 5.32 Å². The predicted molar refractivity (Wildman–Crippen MR) is 69.8 cm³/mol. The third-order valence-electron chi connectivity index (χ3n) is 3.73. The summed E-state index contributed by atoms with van der Waals surface area (Å²) in [5.74, 6) is 0. The van der Waals surface area contributed by atoms with Crippen LogP contribution in [0.1, 0.15) is 43.9 Å². The van der Waals surface area contributed by atoms with Crippen LogP contribution in [0.5, 0.6) is 0 Å². The zero-order valence-corrected chi connectivity index (χ0v) is 10.4. The van der Waals surface area contributed by atoms with Crippen LogP contribution in [-0.4, -0.2) is 5.54 Å². The normalized spacial score (nSPS) is 20.8. The van der Waals surface area contributed by atoms with Gasteiger partial charge in [0.05, 0.1) is 5.54 Å². The van der Waals surface area contributed by atoms with Crippen LogP contribution < -0.4 is 5.32 Å². The molecule has 2 aliphatic rings. The van der Waals surface area contributed by atoms with Crippen molar-refractivity contribution in [2.45, 2.75) is 45.6 Å². The summed E-state index contributed by atoms with van der Waals surface area (Å²) in [6, 6.07) is 4.60. The zero-order valence-electron chi connectivity index (χ0n) is 10.4. The third-order valence-corrected chi connectivity index (χ3v) is 3.73.